The van der Waals surface area contributed by atoms with Crippen LogP contribution in [-0.4, -0.2) is 18.2 Å². The first-order chi connectivity index (χ1) is 11.0. The third-order valence-corrected chi connectivity index (χ3v) is 4.40. The number of benzene rings is 2. The van der Waals surface area contributed by atoms with Crippen molar-refractivity contribution in [2.24, 2.45) is 0 Å². The van der Waals surface area contributed by atoms with Crippen molar-refractivity contribution in [1.29, 1.82) is 0 Å². The molecule has 2 aromatic rings. The molecule has 2 aromatic carbocycles. The average molecular weight is 335 g/mol. The van der Waals surface area contributed by atoms with Crippen molar-refractivity contribution in [2.45, 2.75) is 19.6 Å². The summed E-state index contributed by atoms with van der Waals surface area (Å²) in [6.07, 6.45) is 0. The molecule has 0 unspecified atom stereocenters. The molecule has 0 N–H and O–H groups in total. The maximum Gasteiger partial charge on any atom is 0.236 e. The Morgan fingerprint density at radius 3 is 2.57 bits per heavy atom. The molecule has 2 rings (SSSR count). The summed E-state index contributed by atoms with van der Waals surface area (Å²) in [6.45, 7) is 4.25. The van der Waals surface area contributed by atoms with Gasteiger partial charge in [0.15, 0.2) is 11.6 Å². The van der Waals surface area contributed by atoms with E-state index in [4.69, 9.17) is 0 Å². The van der Waals surface area contributed by atoms with Crippen molar-refractivity contribution in [3.63, 3.8) is 0 Å². The van der Waals surface area contributed by atoms with E-state index < -0.39 is 11.6 Å². The minimum absolute atomic E-state index is 0.115. The zero-order valence-corrected chi connectivity index (χ0v) is 14.0. The molecule has 0 aliphatic carbocycles. The van der Waals surface area contributed by atoms with E-state index in [0.29, 0.717) is 18.0 Å². The lowest BCUT2D eigenvalue weighted by molar-refractivity contribution is -0.116. The summed E-state index contributed by atoms with van der Waals surface area (Å²) in [7, 11) is 0. The van der Waals surface area contributed by atoms with Gasteiger partial charge in [-0.2, -0.15) is 0 Å². The third kappa shape index (κ3) is 4.79. The normalized spacial score (nSPS) is 10.6. The molecule has 0 aliphatic rings. The van der Waals surface area contributed by atoms with Gasteiger partial charge in [-0.05, 0) is 31.5 Å². The second kappa shape index (κ2) is 8.11. The summed E-state index contributed by atoms with van der Waals surface area (Å²) in [6, 6.07) is 11.7. The molecule has 0 radical (unpaired) electrons. The fourth-order valence-electron chi connectivity index (χ4n) is 2.29. The molecule has 5 heteroatoms. The van der Waals surface area contributed by atoms with E-state index in [2.05, 4.69) is 6.07 Å². The maximum atomic E-state index is 13.3. The SMILES string of the molecule is CCN(C(=O)CSCc1cccc(C)c1)c1ccc(F)c(F)c1. The number of carbonyl (C=O) groups excluding carboxylic acids is 1. The van der Waals surface area contributed by atoms with Crippen molar-refractivity contribution in [3.8, 4) is 0 Å². The summed E-state index contributed by atoms with van der Waals surface area (Å²) < 4.78 is 26.3. The number of rotatable bonds is 6. The van der Waals surface area contributed by atoms with Crippen LogP contribution in [0.5, 0.6) is 0 Å². The number of anilines is 1. The highest BCUT2D eigenvalue weighted by molar-refractivity contribution is 7.99. The summed E-state index contributed by atoms with van der Waals surface area (Å²) in [5, 5.41) is 0. The molecule has 0 heterocycles. The van der Waals surface area contributed by atoms with Gasteiger partial charge in [-0.1, -0.05) is 29.8 Å². The Hall–Kier alpha value is -1.88. The Morgan fingerprint density at radius 1 is 1.13 bits per heavy atom. The number of hydrogen-bond acceptors (Lipinski definition) is 2. The first-order valence-electron chi connectivity index (χ1n) is 7.40. The summed E-state index contributed by atoms with van der Waals surface area (Å²) in [5.74, 6) is -0.938. The van der Waals surface area contributed by atoms with Crippen LogP contribution in [0.3, 0.4) is 0 Å². The molecule has 23 heavy (non-hydrogen) atoms. The number of hydrogen-bond donors (Lipinski definition) is 0. The topological polar surface area (TPSA) is 20.3 Å². The van der Waals surface area contributed by atoms with Crippen molar-refractivity contribution >= 4 is 23.4 Å². The molecule has 0 bridgehead atoms. The highest BCUT2D eigenvalue weighted by atomic mass is 32.2. The molecule has 0 saturated heterocycles. The Bertz CT molecular complexity index is 690. The largest absolute Gasteiger partial charge is 0.312 e. The van der Waals surface area contributed by atoms with Crippen LogP contribution in [0.15, 0.2) is 42.5 Å². The molecule has 0 saturated carbocycles. The fourth-order valence-corrected chi connectivity index (χ4v) is 3.14. The molecule has 0 atom stereocenters. The molecule has 0 fully saturated rings. The summed E-state index contributed by atoms with van der Waals surface area (Å²) in [4.78, 5) is 13.8. The number of nitrogens with zero attached hydrogens (tertiary/aromatic N) is 1. The van der Waals surface area contributed by atoms with Crippen molar-refractivity contribution in [3.05, 3.63) is 65.2 Å². The average Bonchev–Trinajstić information content (AvgIpc) is 2.51. The van der Waals surface area contributed by atoms with Gasteiger partial charge in [0.1, 0.15) is 0 Å². The Kier molecular flexibility index (Phi) is 6.16. The van der Waals surface area contributed by atoms with Gasteiger partial charge < -0.3 is 4.90 Å². The van der Waals surface area contributed by atoms with Gasteiger partial charge in [0.2, 0.25) is 5.91 Å². The second-order valence-electron chi connectivity index (χ2n) is 5.22. The van der Waals surface area contributed by atoms with E-state index in [9.17, 15) is 13.6 Å². The van der Waals surface area contributed by atoms with Crippen molar-refractivity contribution < 1.29 is 13.6 Å². The molecule has 122 valence electrons. The van der Waals surface area contributed by atoms with E-state index >= 15 is 0 Å². The van der Waals surface area contributed by atoms with Gasteiger partial charge in [-0.15, -0.1) is 11.8 Å². The number of halogens is 2. The Balaban J connectivity index is 1.96. The van der Waals surface area contributed by atoms with Crippen molar-refractivity contribution in [2.75, 3.05) is 17.2 Å². The van der Waals surface area contributed by atoms with Crippen LogP contribution in [0, 0.1) is 18.6 Å². The minimum atomic E-state index is -0.943. The zero-order chi connectivity index (χ0) is 16.8. The van der Waals surface area contributed by atoms with Crippen LogP contribution in [0.4, 0.5) is 14.5 Å². The van der Waals surface area contributed by atoms with Gasteiger partial charge in [0, 0.05) is 24.1 Å². The van der Waals surface area contributed by atoms with Gasteiger partial charge >= 0.3 is 0 Å². The van der Waals surface area contributed by atoms with E-state index in [1.165, 1.54) is 33.9 Å². The smallest absolute Gasteiger partial charge is 0.236 e. The quantitative estimate of drug-likeness (QED) is 0.771. The van der Waals surface area contributed by atoms with E-state index in [0.717, 1.165) is 17.9 Å². The zero-order valence-electron chi connectivity index (χ0n) is 13.2. The van der Waals surface area contributed by atoms with E-state index in [1.54, 1.807) is 0 Å². The van der Waals surface area contributed by atoms with Gasteiger partial charge in [-0.3, -0.25) is 4.79 Å². The molecular weight excluding hydrogens is 316 g/mol. The highest BCUT2D eigenvalue weighted by Crippen LogP contribution is 2.20. The monoisotopic (exact) mass is 335 g/mol. The third-order valence-electron chi connectivity index (χ3n) is 3.41. The van der Waals surface area contributed by atoms with Gasteiger partial charge in [-0.25, -0.2) is 8.78 Å². The molecule has 2 nitrogen and oxygen atoms in total. The molecule has 0 aliphatic heterocycles. The van der Waals surface area contributed by atoms with Crippen LogP contribution >= 0.6 is 11.8 Å². The first kappa shape index (κ1) is 17.5. The van der Waals surface area contributed by atoms with Crippen molar-refractivity contribution in [1.82, 2.24) is 0 Å². The number of aryl methyl sites for hydroxylation is 1. The van der Waals surface area contributed by atoms with Crippen LogP contribution in [0.2, 0.25) is 0 Å². The first-order valence-corrected chi connectivity index (χ1v) is 8.55. The maximum absolute atomic E-state index is 13.3. The lowest BCUT2D eigenvalue weighted by atomic mass is 10.2. The van der Waals surface area contributed by atoms with E-state index in [-0.39, 0.29) is 5.91 Å². The summed E-state index contributed by atoms with van der Waals surface area (Å²) in [5.41, 5.74) is 2.73. The molecular formula is C18H19F2NOS. The Morgan fingerprint density at radius 2 is 1.91 bits per heavy atom. The highest BCUT2D eigenvalue weighted by Gasteiger charge is 2.15. The fraction of sp³-hybridized carbons (Fsp3) is 0.278. The Labute approximate surface area is 139 Å². The van der Waals surface area contributed by atoms with Crippen LogP contribution in [0.1, 0.15) is 18.1 Å². The van der Waals surface area contributed by atoms with E-state index in [1.807, 2.05) is 32.0 Å². The second-order valence-corrected chi connectivity index (χ2v) is 6.20. The van der Waals surface area contributed by atoms with Crippen LogP contribution in [0.25, 0.3) is 0 Å². The van der Waals surface area contributed by atoms with Crippen LogP contribution < -0.4 is 4.90 Å². The molecule has 0 aromatic heterocycles. The predicted molar refractivity (Wildman–Crippen MR) is 91.7 cm³/mol. The van der Waals surface area contributed by atoms with Gasteiger partial charge in [0.25, 0.3) is 0 Å². The number of thioether (sulfide) groups is 1. The predicted octanol–water partition coefficient (Wildman–Crippen LogP) is 4.56. The lowest BCUT2D eigenvalue weighted by Crippen LogP contribution is -2.32. The summed E-state index contributed by atoms with van der Waals surface area (Å²) >= 11 is 1.51. The molecule has 0 spiro atoms. The number of carbonyl (C=O) groups is 1. The lowest BCUT2D eigenvalue weighted by Gasteiger charge is -2.21. The standard InChI is InChI=1S/C18H19F2NOS/c1-3-21(15-7-8-16(19)17(20)10-15)18(22)12-23-11-14-6-4-5-13(2)9-14/h4-10H,3,11-12H2,1-2H3. The minimum Gasteiger partial charge on any atom is -0.312 e. The van der Waals surface area contributed by atoms with Gasteiger partial charge in [0.05, 0.1) is 5.75 Å². The molecule has 1 amide bonds. The number of amides is 1. The van der Waals surface area contributed by atoms with Crippen LogP contribution in [-0.2, 0) is 10.5 Å².